The molecule has 6 nitrogen and oxygen atoms in total. The predicted molar refractivity (Wildman–Crippen MR) is 60.3 cm³/mol. The fourth-order valence-electron chi connectivity index (χ4n) is 1.29. The number of primary amides is 1. The lowest BCUT2D eigenvalue weighted by Gasteiger charge is -2.15. The topological polar surface area (TPSA) is 98.8 Å². The van der Waals surface area contributed by atoms with E-state index in [4.69, 9.17) is 22.1 Å². The summed E-state index contributed by atoms with van der Waals surface area (Å²) in [5, 5.41) is 2.53. The molecule has 1 atom stereocenters. The number of rotatable bonds is 4. The molecule has 0 unspecified atom stereocenters. The SMILES string of the molecule is NC(=O)O[C@@H](CC(=O)N=O)c1ccccc1Cl. The van der Waals surface area contributed by atoms with Crippen LogP contribution in [0, 0.1) is 4.91 Å². The number of carbonyl (C=O) groups excluding carboxylic acids is 2. The minimum Gasteiger partial charge on any atom is -0.441 e. The molecule has 0 saturated heterocycles. The molecule has 0 aliphatic carbocycles. The first-order valence-corrected chi connectivity index (χ1v) is 4.99. The summed E-state index contributed by atoms with van der Waals surface area (Å²) >= 11 is 5.88. The van der Waals surface area contributed by atoms with E-state index in [0.29, 0.717) is 10.6 Å². The van der Waals surface area contributed by atoms with Crippen LogP contribution in [0.1, 0.15) is 18.1 Å². The smallest absolute Gasteiger partial charge is 0.405 e. The Labute approximate surface area is 102 Å². The molecule has 0 aromatic heterocycles. The van der Waals surface area contributed by atoms with Gasteiger partial charge in [-0.05, 0) is 6.07 Å². The first kappa shape index (κ1) is 13.1. The van der Waals surface area contributed by atoms with Gasteiger partial charge in [-0.3, -0.25) is 4.79 Å². The zero-order chi connectivity index (χ0) is 12.8. The van der Waals surface area contributed by atoms with E-state index in [1.165, 1.54) is 0 Å². The molecule has 7 heteroatoms. The van der Waals surface area contributed by atoms with Crippen LogP contribution in [0.15, 0.2) is 29.4 Å². The van der Waals surface area contributed by atoms with Gasteiger partial charge in [0.05, 0.1) is 6.42 Å². The Morgan fingerprint density at radius 3 is 2.59 bits per heavy atom. The van der Waals surface area contributed by atoms with E-state index >= 15 is 0 Å². The zero-order valence-corrected chi connectivity index (χ0v) is 9.39. The third-order valence-electron chi connectivity index (χ3n) is 1.97. The van der Waals surface area contributed by atoms with E-state index in [9.17, 15) is 14.5 Å². The molecule has 17 heavy (non-hydrogen) atoms. The Morgan fingerprint density at radius 2 is 2.06 bits per heavy atom. The molecule has 1 aromatic rings. The summed E-state index contributed by atoms with van der Waals surface area (Å²) in [6.45, 7) is 0. The van der Waals surface area contributed by atoms with Crippen LogP contribution >= 0.6 is 11.6 Å². The van der Waals surface area contributed by atoms with Crippen molar-refractivity contribution < 1.29 is 14.3 Å². The fraction of sp³-hybridized carbons (Fsp3) is 0.200. The van der Waals surface area contributed by atoms with Gasteiger partial charge in [0.15, 0.2) is 0 Å². The molecular formula is C10H9ClN2O4. The third-order valence-corrected chi connectivity index (χ3v) is 2.32. The summed E-state index contributed by atoms with van der Waals surface area (Å²) in [6.07, 6.45) is -2.46. The van der Waals surface area contributed by atoms with Gasteiger partial charge in [-0.15, -0.1) is 4.91 Å². The molecule has 90 valence electrons. The number of amides is 2. The Morgan fingerprint density at radius 1 is 1.41 bits per heavy atom. The van der Waals surface area contributed by atoms with Crippen molar-refractivity contribution in [3.8, 4) is 0 Å². The average Bonchev–Trinajstić information content (AvgIpc) is 2.28. The Bertz CT molecular complexity index is 450. The largest absolute Gasteiger partial charge is 0.441 e. The minimum atomic E-state index is -1.06. The van der Waals surface area contributed by atoms with Crippen molar-refractivity contribution in [2.24, 2.45) is 10.9 Å². The van der Waals surface area contributed by atoms with Gasteiger partial charge in [-0.1, -0.05) is 29.8 Å². The number of carbonyl (C=O) groups is 2. The average molecular weight is 257 g/mol. The number of hydrogen-bond donors (Lipinski definition) is 1. The van der Waals surface area contributed by atoms with Crippen LogP contribution in [0.3, 0.4) is 0 Å². The molecule has 1 aromatic carbocycles. The van der Waals surface area contributed by atoms with Crippen LogP contribution in [0.2, 0.25) is 5.02 Å². The van der Waals surface area contributed by atoms with Crippen LogP contribution in [0.5, 0.6) is 0 Å². The second kappa shape index (κ2) is 5.95. The molecule has 0 spiro atoms. The number of halogens is 1. The lowest BCUT2D eigenvalue weighted by Crippen LogP contribution is -2.19. The molecule has 0 heterocycles. The maximum Gasteiger partial charge on any atom is 0.405 e. The van der Waals surface area contributed by atoms with Crippen molar-refractivity contribution in [3.63, 3.8) is 0 Å². The maximum absolute atomic E-state index is 10.9. The second-order valence-electron chi connectivity index (χ2n) is 3.14. The summed E-state index contributed by atoms with van der Waals surface area (Å²) in [5.41, 5.74) is 5.27. The molecule has 0 saturated carbocycles. The monoisotopic (exact) mass is 256 g/mol. The standard InChI is InChI=1S/C10H9ClN2O4/c11-7-4-2-1-3-6(7)8(17-10(12)15)5-9(14)13-16/h1-4,8H,5H2,(H2,12,15)/t8-/m0/s1. The maximum atomic E-state index is 10.9. The van der Waals surface area contributed by atoms with Gasteiger partial charge in [0.2, 0.25) is 0 Å². The second-order valence-corrected chi connectivity index (χ2v) is 3.54. The number of hydrogen-bond acceptors (Lipinski definition) is 4. The number of benzene rings is 1. The Kier molecular flexibility index (Phi) is 4.59. The van der Waals surface area contributed by atoms with Crippen molar-refractivity contribution in [2.45, 2.75) is 12.5 Å². The zero-order valence-electron chi connectivity index (χ0n) is 8.63. The normalized spacial score (nSPS) is 11.6. The molecule has 0 fully saturated rings. The molecule has 0 radical (unpaired) electrons. The minimum absolute atomic E-state index is 0.303. The number of nitrogens with zero attached hydrogens (tertiary/aromatic N) is 1. The van der Waals surface area contributed by atoms with Gasteiger partial charge in [-0.2, -0.15) is 0 Å². The quantitative estimate of drug-likeness (QED) is 0.834. The third kappa shape index (κ3) is 3.84. The molecule has 0 aliphatic heterocycles. The van der Waals surface area contributed by atoms with Gasteiger partial charge >= 0.3 is 6.09 Å². The lowest BCUT2D eigenvalue weighted by molar-refractivity contribution is -0.119. The molecule has 2 amide bonds. The van der Waals surface area contributed by atoms with Crippen molar-refractivity contribution >= 4 is 23.6 Å². The highest BCUT2D eigenvalue weighted by Gasteiger charge is 2.21. The number of nitroso groups, excluding NO2 is 1. The van der Waals surface area contributed by atoms with Gasteiger partial charge in [-0.25, -0.2) is 4.79 Å². The van der Waals surface area contributed by atoms with Gasteiger partial charge in [0, 0.05) is 15.8 Å². The summed E-state index contributed by atoms with van der Waals surface area (Å²) < 4.78 is 4.72. The molecule has 2 N–H and O–H groups in total. The summed E-state index contributed by atoms with van der Waals surface area (Å²) in [7, 11) is 0. The van der Waals surface area contributed by atoms with E-state index in [0.717, 1.165) is 0 Å². The van der Waals surface area contributed by atoms with Crippen molar-refractivity contribution in [3.05, 3.63) is 39.8 Å². The molecule has 1 rings (SSSR count). The van der Waals surface area contributed by atoms with Gasteiger partial charge in [0.1, 0.15) is 6.10 Å². The van der Waals surface area contributed by atoms with Crippen LogP contribution in [-0.4, -0.2) is 12.0 Å². The van der Waals surface area contributed by atoms with E-state index < -0.39 is 24.5 Å². The number of nitrogens with two attached hydrogens (primary N) is 1. The van der Waals surface area contributed by atoms with Crippen LogP contribution in [0.4, 0.5) is 4.79 Å². The first-order chi connectivity index (χ1) is 8.04. The predicted octanol–water partition coefficient (Wildman–Crippen LogP) is 2.16. The lowest BCUT2D eigenvalue weighted by atomic mass is 10.1. The highest BCUT2D eigenvalue weighted by Crippen LogP contribution is 2.28. The first-order valence-electron chi connectivity index (χ1n) is 4.61. The van der Waals surface area contributed by atoms with Crippen molar-refractivity contribution in [1.29, 1.82) is 0 Å². The van der Waals surface area contributed by atoms with Crippen LogP contribution in [0.25, 0.3) is 0 Å². The van der Waals surface area contributed by atoms with Gasteiger partial charge < -0.3 is 10.5 Å². The van der Waals surface area contributed by atoms with E-state index in [1.54, 1.807) is 24.3 Å². The van der Waals surface area contributed by atoms with Crippen molar-refractivity contribution in [1.82, 2.24) is 0 Å². The summed E-state index contributed by atoms with van der Waals surface area (Å²) in [5.74, 6) is -0.948. The Hall–Kier alpha value is -1.95. The van der Waals surface area contributed by atoms with E-state index in [-0.39, 0.29) is 0 Å². The van der Waals surface area contributed by atoms with Gasteiger partial charge in [0.25, 0.3) is 5.91 Å². The Balaban J connectivity index is 2.97. The highest BCUT2D eigenvalue weighted by molar-refractivity contribution is 6.31. The molecule has 0 bridgehead atoms. The van der Waals surface area contributed by atoms with Crippen LogP contribution in [-0.2, 0) is 9.53 Å². The van der Waals surface area contributed by atoms with E-state index in [2.05, 4.69) is 5.18 Å². The fourth-order valence-corrected chi connectivity index (χ4v) is 1.54. The highest BCUT2D eigenvalue weighted by atomic mass is 35.5. The molecular weight excluding hydrogens is 248 g/mol. The molecule has 0 aliphatic rings. The van der Waals surface area contributed by atoms with E-state index in [1.807, 2.05) is 0 Å². The summed E-state index contributed by atoms with van der Waals surface area (Å²) in [4.78, 5) is 31.7. The van der Waals surface area contributed by atoms with Crippen LogP contribution < -0.4 is 5.73 Å². The number of ether oxygens (including phenoxy) is 1. The summed E-state index contributed by atoms with van der Waals surface area (Å²) in [6, 6.07) is 6.45. The van der Waals surface area contributed by atoms with Crippen molar-refractivity contribution in [2.75, 3.05) is 0 Å².